The van der Waals surface area contributed by atoms with Crippen LogP contribution in [-0.2, 0) is 4.79 Å². The van der Waals surface area contributed by atoms with Crippen LogP contribution in [0.25, 0.3) is 0 Å². The van der Waals surface area contributed by atoms with Crippen LogP contribution in [0.15, 0.2) is 10.9 Å². The van der Waals surface area contributed by atoms with E-state index in [-0.39, 0.29) is 12.4 Å². The van der Waals surface area contributed by atoms with Gasteiger partial charge in [-0.3, -0.25) is 9.59 Å². The highest BCUT2D eigenvalue weighted by Crippen LogP contribution is 2.40. The van der Waals surface area contributed by atoms with E-state index in [2.05, 4.69) is 23.7 Å². The average Bonchev–Trinajstić information content (AvgIpc) is 3.10. The lowest BCUT2D eigenvalue weighted by atomic mass is 9.72. The van der Waals surface area contributed by atoms with Crippen molar-refractivity contribution in [3.63, 3.8) is 0 Å². The minimum absolute atomic E-state index is 0.126. The number of carboxylic acid groups (broad SMARTS) is 1. The summed E-state index contributed by atoms with van der Waals surface area (Å²) < 4.78 is 0. The van der Waals surface area contributed by atoms with Crippen LogP contribution in [0.5, 0.6) is 0 Å². The van der Waals surface area contributed by atoms with Gasteiger partial charge in [0, 0.05) is 24.5 Å². The molecular formula is C17H27N3O3S. The van der Waals surface area contributed by atoms with Gasteiger partial charge in [-0.2, -0.15) is 0 Å². The summed E-state index contributed by atoms with van der Waals surface area (Å²) in [5.74, 6) is 0.126. The molecule has 2 aliphatic rings. The molecule has 3 heterocycles. The van der Waals surface area contributed by atoms with Gasteiger partial charge in [0.25, 0.3) is 12.4 Å². The second kappa shape index (κ2) is 8.58. The third kappa shape index (κ3) is 4.54. The Labute approximate surface area is 147 Å². The van der Waals surface area contributed by atoms with E-state index in [4.69, 9.17) is 9.90 Å². The maximum absolute atomic E-state index is 12.5. The molecule has 0 radical (unpaired) electrons. The van der Waals surface area contributed by atoms with Crippen LogP contribution in [0, 0.1) is 5.41 Å². The number of hydrogen-bond acceptors (Lipinski definition) is 5. The Hall–Kier alpha value is -1.47. The van der Waals surface area contributed by atoms with Gasteiger partial charge in [0.05, 0.1) is 5.51 Å². The van der Waals surface area contributed by atoms with Gasteiger partial charge in [0.2, 0.25) is 0 Å². The van der Waals surface area contributed by atoms with Gasteiger partial charge in [0.15, 0.2) is 0 Å². The van der Waals surface area contributed by atoms with Gasteiger partial charge in [0.1, 0.15) is 5.69 Å². The predicted octanol–water partition coefficient (Wildman–Crippen LogP) is 2.57. The van der Waals surface area contributed by atoms with Gasteiger partial charge >= 0.3 is 0 Å². The third-order valence-electron chi connectivity index (χ3n) is 5.19. The number of carbonyl (C=O) groups excluding carboxylic acids is 1. The van der Waals surface area contributed by atoms with Crippen LogP contribution >= 0.6 is 11.3 Å². The molecule has 1 N–H and O–H groups in total. The van der Waals surface area contributed by atoms with E-state index in [1.54, 1.807) is 5.51 Å². The molecule has 0 unspecified atom stereocenters. The quantitative estimate of drug-likeness (QED) is 0.827. The molecule has 7 heteroatoms. The lowest BCUT2D eigenvalue weighted by molar-refractivity contribution is -0.122. The van der Waals surface area contributed by atoms with Crippen LogP contribution in [-0.4, -0.2) is 64.5 Å². The van der Waals surface area contributed by atoms with Crippen molar-refractivity contribution >= 4 is 23.7 Å². The number of nitrogens with zero attached hydrogens (tertiary/aromatic N) is 3. The van der Waals surface area contributed by atoms with Gasteiger partial charge < -0.3 is 14.9 Å². The summed E-state index contributed by atoms with van der Waals surface area (Å²) in [6.07, 6.45) is 4.87. The van der Waals surface area contributed by atoms with E-state index in [1.807, 2.05) is 10.3 Å². The Kier molecular flexibility index (Phi) is 6.74. The van der Waals surface area contributed by atoms with Gasteiger partial charge in [-0.15, -0.1) is 11.3 Å². The van der Waals surface area contributed by atoms with Gasteiger partial charge in [-0.05, 0) is 58.0 Å². The van der Waals surface area contributed by atoms with Crippen molar-refractivity contribution in [2.75, 3.05) is 26.2 Å². The molecule has 2 aliphatic heterocycles. The van der Waals surface area contributed by atoms with Crippen LogP contribution in [0.4, 0.5) is 0 Å². The Balaban J connectivity index is 0.000000647. The first-order chi connectivity index (χ1) is 11.5. The molecule has 2 saturated heterocycles. The molecule has 134 valence electrons. The van der Waals surface area contributed by atoms with Crippen molar-refractivity contribution in [1.82, 2.24) is 14.8 Å². The molecule has 0 aromatic carbocycles. The fraction of sp³-hybridized carbons (Fsp3) is 0.706. The van der Waals surface area contributed by atoms with Crippen molar-refractivity contribution < 1.29 is 14.7 Å². The smallest absolute Gasteiger partial charge is 0.290 e. The second-order valence-corrected chi connectivity index (χ2v) is 7.66. The number of likely N-dealkylation sites (tertiary alicyclic amines) is 2. The Morgan fingerprint density at radius 3 is 2.54 bits per heavy atom. The average molecular weight is 353 g/mol. The second-order valence-electron chi connectivity index (χ2n) is 6.94. The summed E-state index contributed by atoms with van der Waals surface area (Å²) >= 11 is 1.50. The van der Waals surface area contributed by atoms with E-state index < -0.39 is 0 Å². The van der Waals surface area contributed by atoms with Gasteiger partial charge in [-0.1, -0.05) is 0 Å². The minimum atomic E-state index is -0.250. The third-order valence-corrected chi connectivity index (χ3v) is 5.78. The lowest BCUT2D eigenvalue weighted by Gasteiger charge is -2.48. The first-order valence-corrected chi connectivity index (χ1v) is 9.45. The topological polar surface area (TPSA) is 73.7 Å². The molecule has 1 amide bonds. The van der Waals surface area contributed by atoms with Crippen LogP contribution < -0.4 is 0 Å². The molecule has 1 aromatic rings. The van der Waals surface area contributed by atoms with Crippen molar-refractivity contribution in [3.8, 4) is 0 Å². The fourth-order valence-electron chi connectivity index (χ4n) is 3.78. The zero-order chi connectivity index (χ0) is 17.6. The van der Waals surface area contributed by atoms with E-state index in [0.29, 0.717) is 17.2 Å². The maximum atomic E-state index is 12.5. The van der Waals surface area contributed by atoms with Crippen molar-refractivity contribution in [1.29, 1.82) is 0 Å². The van der Waals surface area contributed by atoms with Crippen molar-refractivity contribution in [2.45, 2.75) is 45.6 Å². The Morgan fingerprint density at radius 2 is 2.00 bits per heavy atom. The molecule has 3 rings (SSSR count). The fourth-order valence-corrected chi connectivity index (χ4v) is 4.31. The zero-order valence-electron chi connectivity index (χ0n) is 14.5. The number of thiazole rings is 1. The monoisotopic (exact) mass is 353 g/mol. The van der Waals surface area contributed by atoms with E-state index in [0.717, 1.165) is 19.5 Å². The summed E-state index contributed by atoms with van der Waals surface area (Å²) in [7, 11) is 0. The van der Waals surface area contributed by atoms with Crippen LogP contribution in [0.3, 0.4) is 0 Å². The normalized spacial score (nSPS) is 20.5. The minimum Gasteiger partial charge on any atom is -0.483 e. The molecule has 0 bridgehead atoms. The molecule has 1 aromatic heterocycles. The molecule has 1 spiro atoms. The lowest BCUT2D eigenvalue weighted by Crippen LogP contribution is -2.52. The van der Waals surface area contributed by atoms with Crippen LogP contribution in [0.1, 0.15) is 50.0 Å². The van der Waals surface area contributed by atoms with Crippen molar-refractivity contribution in [3.05, 3.63) is 16.6 Å². The molecular weight excluding hydrogens is 326 g/mol. The Bertz CT molecular complexity index is 525. The van der Waals surface area contributed by atoms with E-state index in [9.17, 15) is 4.79 Å². The number of aromatic nitrogens is 1. The van der Waals surface area contributed by atoms with E-state index in [1.165, 1.54) is 43.7 Å². The summed E-state index contributed by atoms with van der Waals surface area (Å²) in [4.78, 5) is 29.7. The van der Waals surface area contributed by atoms with Gasteiger partial charge in [-0.25, -0.2) is 4.98 Å². The Morgan fingerprint density at radius 1 is 1.33 bits per heavy atom. The molecule has 0 atom stereocenters. The molecule has 0 saturated carbocycles. The summed E-state index contributed by atoms with van der Waals surface area (Å²) in [5.41, 5.74) is 2.72. The first kappa shape index (κ1) is 18.9. The maximum Gasteiger partial charge on any atom is 0.290 e. The number of amides is 1. The van der Waals surface area contributed by atoms with E-state index >= 15 is 0 Å². The number of carbonyl (C=O) groups is 2. The molecule has 6 nitrogen and oxygen atoms in total. The summed E-state index contributed by atoms with van der Waals surface area (Å²) in [6, 6.07) is 0.638. The predicted molar refractivity (Wildman–Crippen MR) is 94.3 cm³/mol. The van der Waals surface area contributed by atoms with Crippen molar-refractivity contribution in [2.24, 2.45) is 5.41 Å². The standard InChI is InChI=1S/C16H25N3OS.CH2O2/c1-13(2)18-8-5-16(6-9-18)4-3-7-19(11-16)15(20)14-10-21-12-17-14;2-1-3/h10,12-13H,3-9,11H2,1-2H3;1H,(H,2,3). The molecule has 24 heavy (non-hydrogen) atoms. The SMILES string of the molecule is CC(C)N1CCC2(CCCN(C(=O)c3cscn3)C2)CC1.O=CO. The van der Waals surface area contributed by atoms with Crippen LogP contribution in [0.2, 0.25) is 0 Å². The number of rotatable bonds is 2. The first-order valence-electron chi connectivity index (χ1n) is 8.51. The highest BCUT2D eigenvalue weighted by atomic mass is 32.1. The molecule has 0 aliphatic carbocycles. The highest BCUT2D eigenvalue weighted by Gasteiger charge is 2.40. The largest absolute Gasteiger partial charge is 0.483 e. The summed E-state index contributed by atoms with van der Waals surface area (Å²) in [5, 5.41) is 8.75. The molecule has 2 fully saturated rings. The highest BCUT2D eigenvalue weighted by molar-refractivity contribution is 7.07. The number of piperidine rings is 2. The number of hydrogen-bond donors (Lipinski definition) is 1. The zero-order valence-corrected chi connectivity index (χ0v) is 15.3. The summed E-state index contributed by atoms with van der Waals surface area (Å²) in [6.45, 7) is 8.47.